The Bertz CT molecular complexity index is 410. The first kappa shape index (κ1) is 10.9. The zero-order chi connectivity index (χ0) is 11.3. The van der Waals surface area contributed by atoms with Crippen molar-refractivity contribution in [2.24, 2.45) is 0 Å². The summed E-state index contributed by atoms with van der Waals surface area (Å²) in [6.45, 7) is 0. The van der Waals surface area contributed by atoms with Crippen molar-refractivity contribution in [3.63, 3.8) is 0 Å². The summed E-state index contributed by atoms with van der Waals surface area (Å²) in [5.74, 6) is 0.456. The summed E-state index contributed by atoms with van der Waals surface area (Å²) in [4.78, 5) is 11.1. The zero-order valence-electron chi connectivity index (χ0n) is 8.50. The smallest absolute Gasteiger partial charge is 0.319 e. The maximum Gasteiger partial charge on any atom is 0.319 e. The molecule has 0 unspecified atom stereocenters. The van der Waals surface area contributed by atoms with Crippen molar-refractivity contribution in [3.8, 4) is 11.8 Å². The highest BCUT2D eigenvalue weighted by molar-refractivity contribution is 5.90. The highest BCUT2D eigenvalue weighted by Gasteiger charge is 2.06. The van der Waals surface area contributed by atoms with E-state index in [-0.39, 0.29) is 6.03 Å². The highest BCUT2D eigenvalue weighted by Crippen LogP contribution is 2.24. The molecule has 0 spiro atoms. The molecule has 0 aliphatic carbocycles. The van der Waals surface area contributed by atoms with Crippen molar-refractivity contribution in [1.82, 2.24) is 5.32 Å². The molecule has 15 heavy (non-hydrogen) atoms. The molecule has 78 valence electrons. The van der Waals surface area contributed by atoms with Crippen LogP contribution in [0, 0.1) is 11.3 Å². The van der Waals surface area contributed by atoms with Gasteiger partial charge in [0.25, 0.3) is 0 Å². The maximum absolute atomic E-state index is 11.1. The fourth-order valence-electron chi connectivity index (χ4n) is 1.05. The lowest BCUT2D eigenvalue weighted by Gasteiger charge is -2.09. The van der Waals surface area contributed by atoms with Crippen LogP contribution in [0.1, 0.15) is 5.56 Å². The third kappa shape index (κ3) is 2.61. The van der Waals surface area contributed by atoms with Crippen LogP contribution in [0.15, 0.2) is 18.2 Å². The van der Waals surface area contributed by atoms with Crippen LogP contribution < -0.4 is 15.4 Å². The van der Waals surface area contributed by atoms with Crippen LogP contribution in [-0.2, 0) is 0 Å². The van der Waals surface area contributed by atoms with Crippen LogP contribution >= 0.6 is 0 Å². The minimum Gasteiger partial charge on any atom is -0.495 e. The van der Waals surface area contributed by atoms with Gasteiger partial charge in [-0.15, -0.1) is 0 Å². The molecule has 0 radical (unpaired) electrons. The normalized spacial score (nSPS) is 8.87. The van der Waals surface area contributed by atoms with Crippen LogP contribution in [0.2, 0.25) is 0 Å². The standard InChI is InChI=1S/C10H11N3O2/c1-12-10(14)13-8-4-3-7(6-11)5-9(8)15-2/h3-5H,1-2H3,(H2,12,13,14). The fourth-order valence-corrected chi connectivity index (χ4v) is 1.05. The number of nitrogens with one attached hydrogen (secondary N) is 2. The Balaban J connectivity index is 2.98. The van der Waals surface area contributed by atoms with Crippen molar-refractivity contribution in [1.29, 1.82) is 5.26 Å². The number of nitriles is 1. The van der Waals surface area contributed by atoms with Crippen LogP contribution in [0.3, 0.4) is 0 Å². The molecule has 0 heterocycles. The first-order valence-electron chi connectivity index (χ1n) is 4.28. The molecule has 0 bridgehead atoms. The predicted molar refractivity (Wildman–Crippen MR) is 55.8 cm³/mol. The number of amides is 2. The lowest BCUT2D eigenvalue weighted by Crippen LogP contribution is -2.24. The van der Waals surface area contributed by atoms with Gasteiger partial charge in [-0.25, -0.2) is 4.79 Å². The molecule has 5 heteroatoms. The molecule has 0 fully saturated rings. The van der Waals surface area contributed by atoms with Crippen LogP contribution in [0.4, 0.5) is 10.5 Å². The second kappa shape index (κ2) is 4.86. The molecule has 0 aliphatic rings. The van der Waals surface area contributed by atoms with E-state index in [0.29, 0.717) is 17.0 Å². The van der Waals surface area contributed by atoms with E-state index in [1.807, 2.05) is 6.07 Å². The van der Waals surface area contributed by atoms with Crippen molar-refractivity contribution >= 4 is 11.7 Å². The van der Waals surface area contributed by atoms with Crippen molar-refractivity contribution < 1.29 is 9.53 Å². The number of methoxy groups -OCH3 is 1. The molecule has 1 rings (SSSR count). The Kier molecular flexibility index (Phi) is 3.52. The first-order chi connectivity index (χ1) is 7.21. The topological polar surface area (TPSA) is 74.2 Å². The van der Waals surface area contributed by atoms with E-state index in [0.717, 1.165) is 0 Å². The predicted octanol–water partition coefficient (Wildman–Crippen LogP) is 1.32. The van der Waals surface area contributed by atoms with Crippen molar-refractivity contribution in [3.05, 3.63) is 23.8 Å². The minimum atomic E-state index is -0.335. The van der Waals surface area contributed by atoms with E-state index >= 15 is 0 Å². The lowest BCUT2D eigenvalue weighted by molar-refractivity contribution is 0.254. The van der Waals surface area contributed by atoms with Gasteiger partial charge in [0, 0.05) is 13.1 Å². The van der Waals surface area contributed by atoms with Crippen molar-refractivity contribution in [2.75, 3.05) is 19.5 Å². The third-order valence-electron chi connectivity index (χ3n) is 1.81. The Labute approximate surface area is 87.7 Å². The van der Waals surface area contributed by atoms with Gasteiger partial charge in [-0.05, 0) is 12.1 Å². The van der Waals surface area contributed by atoms with Gasteiger partial charge in [0.1, 0.15) is 5.75 Å². The average molecular weight is 205 g/mol. The Morgan fingerprint density at radius 1 is 1.53 bits per heavy atom. The monoisotopic (exact) mass is 205 g/mol. The Morgan fingerprint density at radius 3 is 2.80 bits per heavy atom. The quantitative estimate of drug-likeness (QED) is 0.764. The van der Waals surface area contributed by atoms with E-state index in [2.05, 4.69) is 10.6 Å². The highest BCUT2D eigenvalue weighted by atomic mass is 16.5. The number of ether oxygens (including phenoxy) is 1. The van der Waals surface area contributed by atoms with Gasteiger partial charge in [0.05, 0.1) is 24.4 Å². The molecule has 2 N–H and O–H groups in total. The zero-order valence-corrected chi connectivity index (χ0v) is 8.50. The molecule has 0 saturated carbocycles. The van der Waals surface area contributed by atoms with Crippen molar-refractivity contribution in [2.45, 2.75) is 0 Å². The summed E-state index contributed by atoms with van der Waals surface area (Å²) in [5, 5.41) is 13.7. The van der Waals surface area contributed by atoms with Gasteiger partial charge in [-0.2, -0.15) is 5.26 Å². The second-order valence-corrected chi connectivity index (χ2v) is 2.73. The van der Waals surface area contributed by atoms with Gasteiger partial charge in [-0.1, -0.05) is 0 Å². The van der Waals surface area contributed by atoms with E-state index in [1.165, 1.54) is 14.2 Å². The number of carbonyl (C=O) groups excluding carboxylic acids is 1. The van der Waals surface area contributed by atoms with Crippen LogP contribution in [0.5, 0.6) is 5.75 Å². The van der Waals surface area contributed by atoms with Crippen LogP contribution in [-0.4, -0.2) is 20.2 Å². The van der Waals surface area contributed by atoms with Gasteiger partial charge >= 0.3 is 6.03 Å². The van der Waals surface area contributed by atoms with Gasteiger partial charge < -0.3 is 15.4 Å². The van der Waals surface area contributed by atoms with E-state index in [9.17, 15) is 4.79 Å². The first-order valence-corrected chi connectivity index (χ1v) is 4.28. The molecule has 1 aromatic rings. The number of rotatable bonds is 2. The molecule has 0 atom stereocenters. The van der Waals surface area contributed by atoms with Crippen LogP contribution in [0.25, 0.3) is 0 Å². The summed E-state index contributed by atoms with van der Waals surface area (Å²) >= 11 is 0. The molecule has 0 aromatic heterocycles. The fraction of sp³-hybridized carbons (Fsp3) is 0.200. The number of hydrogen-bond donors (Lipinski definition) is 2. The van der Waals surface area contributed by atoms with Gasteiger partial charge in [0.15, 0.2) is 0 Å². The third-order valence-corrected chi connectivity index (χ3v) is 1.81. The summed E-state index contributed by atoms with van der Waals surface area (Å²) < 4.78 is 5.04. The number of hydrogen-bond acceptors (Lipinski definition) is 3. The number of anilines is 1. The minimum absolute atomic E-state index is 0.335. The summed E-state index contributed by atoms with van der Waals surface area (Å²) in [5.41, 5.74) is 1.00. The molecular weight excluding hydrogens is 194 g/mol. The molecule has 5 nitrogen and oxygen atoms in total. The molecule has 0 saturated heterocycles. The largest absolute Gasteiger partial charge is 0.495 e. The number of nitrogens with zero attached hydrogens (tertiary/aromatic N) is 1. The average Bonchev–Trinajstić information content (AvgIpc) is 2.29. The lowest BCUT2D eigenvalue weighted by atomic mass is 10.2. The molecular formula is C10H11N3O2. The Hall–Kier alpha value is -2.22. The number of carbonyl (C=O) groups is 1. The maximum atomic E-state index is 11.1. The van der Waals surface area contributed by atoms with Gasteiger partial charge in [-0.3, -0.25) is 0 Å². The SMILES string of the molecule is CNC(=O)Nc1ccc(C#N)cc1OC. The summed E-state index contributed by atoms with van der Waals surface area (Å²) in [7, 11) is 3.00. The van der Waals surface area contributed by atoms with E-state index in [1.54, 1.807) is 18.2 Å². The molecule has 1 aromatic carbocycles. The molecule has 2 amide bonds. The Morgan fingerprint density at radius 2 is 2.27 bits per heavy atom. The van der Waals surface area contributed by atoms with E-state index < -0.39 is 0 Å². The van der Waals surface area contributed by atoms with Gasteiger partial charge in [0.2, 0.25) is 0 Å². The number of benzene rings is 1. The second-order valence-electron chi connectivity index (χ2n) is 2.73. The summed E-state index contributed by atoms with van der Waals surface area (Å²) in [6.07, 6.45) is 0. The number of urea groups is 1. The van der Waals surface area contributed by atoms with E-state index in [4.69, 9.17) is 10.00 Å². The summed E-state index contributed by atoms with van der Waals surface area (Å²) in [6, 6.07) is 6.44. The molecule has 0 aliphatic heterocycles.